The molecular formula is C12H13Cl2N3O. The first-order valence-corrected chi connectivity index (χ1v) is 6.90. The molecule has 4 nitrogen and oxygen atoms in total. The Morgan fingerprint density at radius 2 is 2.00 bits per heavy atom. The van der Waals surface area contributed by atoms with Crippen LogP contribution in [0.4, 0.5) is 0 Å². The number of amides is 1. The first kappa shape index (κ1) is 12.2. The van der Waals surface area contributed by atoms with Crippen molar-refractivity contribution in [2.45, 2.75) is 31.7 Å². The predicted octanol–water partition coefficient (Wildman–Crippen LogP) is 2.80. The monoisotopic (exact) mass is 285 g/mol. The Hall–Kier alpha value is -0.870. The van der Waals surface area contributed by atoms with E-state index < -0.39 is 0 Å². The van der Waals surface area contributed by atoms with E-state index in [4.69, 9.17) is 23.2 Å². The molecule has 96 valence electrons. The van der Waals surface area contributed by atoms with Crippen LogP contribution in [0.15, 0.2) is 6.07 Å². The summed E-state index contributed by atoms with van der Waals surface area (Å²) in [6, 6.07) is 1.88. The Labute approximate surface area is 115 Å². The summed E-state index contributed by atoms with van der Waals surface area (Å²) >= 11 is 11.7. The van der Waals surface area contributed by atoms with Crippen molar-refractivity contribution in [1.82, 2.24) is 15.1 Å². The van der Waals surface area contributed by atoms with Crippen molar-refractivity contribution in [3.63, 3.8) is 0 Å². The smallest absolute Gasteiger partial charge is 0.257 e. The van der Waals surface area contributed by atoms with Crippen molar-refractivity contribution in [2.24, 2.45) is 5.92 Å². The molecule has 0 aromatic carbocycles. The van der Waals surface area contributed by atoms with Crippen molar-refractivity contribution in [3.05, 3.63) is 21.9 Å². The van der Waals surface area contributed by atoms with E-state index in [-0.39, 0.29) is 16.2 Å². The molecule has 2 aliphatic rings. The average molecular weight is 286 g/mol. The van der Waals surface area contributed by atoms with Gasteiger partial charge in [0.15, 0.2) is 10.3 Å². The van der Waals surface area contributed by atoms with Crippen LogP contribution >= 0.6 is 23.2 Å². The molecule has 1 amide bonds. The SMILES string of the molecule is O=C(c1cc(Cl)nnc1Cl)N(CC1CC1)C1CC1. The van der Waals surface area contributed by atoms with Crippen LogP contribution in [0.3, 0.4) is 0 Å². The number of carbonyl (C=O) groups is 1. The largest absolute Gasteiger partial charge is 0.335 e. The van der Waals surface area contributed by atoms with Gasteiger partial charge in [-0.15, -0.1) is 10.2 Å². The van der Waals surface area contributed by atoms with Gasteiger partial charge in [0.1, 0.15) is 0 Å². The number of halogens is 2. The molecule has 2 aliphatic carbocycles. The van der Waals surface area contributed by atoms with Crippen LogP contribution in [0, 0.1) is 5.92 Å². The summed E-state index contributed by atoms with van der Waals surface area (Å²) in [5, 5.41) is 7.65. The van der Waals surface area contributed by atoms with Crippen molar-refractivity contribution in [2.75, 3.05) is 6.54 Å². The Morgan fingerprint density at radius 3 is 2.61 bits per heavy atom. The molecule has 0 radical (unpaired) electrons. The van der Waals surface area contributed by atoms with E-state index in [0.717, 1.165) is 19.4 Å². The summed E-state index contributed by atoms with van der Waals surface area (Å²) in [7, 11) is 0. The first-order valence-electron chi connectivity index (χ1n) is 6.15. The van der Waals surface area contributed by atoms with E-state index in [9.17, 15) is 4.79 Å². The van der Waals surface area contributed by atoms with E-state index in [1.54, 1.807) is 0 Å². The van der Waals surface area contributed by atoms with Crippen LogP contribution in [0.5, 0.6) is 0 Å². The third-order valence-corrected chi connectivity index (χ3v) is 3.81. The zero-order valence-corrected chi connectivity index (χ0v) is 11.3. The lowest BCUT2D eigenvalue weighted by atomic mass is 10.2. The molecule has 2 fully saturated rings. The fraction of sp³-hybridized carbons (Fsp3) is 0.583. The summed E-state index contributed by atoms with van der Waals surface area (Å²) in [5.74, 6) is 0.602. The molecule has 3 rings (SSSR count). The second-order valence-electron chi connectivity index (χ2n) is 5.00. The molecule has 0 unspecified atom stereocenters. The minimum atomic E-state index is -0.0637. The van der Waals surface area contributed by atoms with Gasteiger partial charge in [-0.3, -0.25) is 4.79 Å². The topological polar surface area (TPSA) is 46.1 Å². The molecule has 0 spiro atoms. The van der Waals surface area contributed by atoms with Gasteiger partial charge in [0, 0.05) is 12.6 Å². The Kier molecular flexibility index (Phi) is 3.16. The Balaban J connectivity index is 1.83. The highest BCUT2D eigenvalue weighted by Gasteiger charge is 2.37. The minimum Gasteiger partial charge on any atom is -0.335 e. The molecule has 6 heteroatoms. The molecule has 0 bridgehead atoms. The Morgan fingerprint density at radius 1 is 1.28 bits per heavy atom. The zero-order chi connectivity index (χ0) is 12.7. The van der Waals surface area contributed by atoms with Crippen molar-refractivity contribution < 1.29 is 4.79 Å². The predicted molar refractivity (Wildman–Crippen MR) is 68.8 cm³/mol. The van der Waals surface area contributed by atoms with Gasteiger partial charge in [0.25, 0.3) is 5.91 Å². The normalized spacial score (nSPS) is 18.8. The summed E-state index contributed by atoms with van der Waals surface area (Å²) in [4.78, 5) is 14.4. The van der Waals surface area contributed by atoms with Gasteiger partial charge < -0.3 is 4.90 Å². The van der Waals surface area contributed by atoms with E-state index in [1.165, 1.54) is 18.9 Å². The second kappa shape index (κ2) is 4.67. The van der Waals surface area contributed by atoms with Gasteiger partial charge in [-0.1, -0.05) is 23.2 Å². The molecule has 2 saturated carbocycles. The summed E-state index contributed by atoms with van der Waals surface area (Å²) in [6.45, 7) is 0.833. The first-order chi connectivity index (χ1) is 8.65. The van der Waals surface area contributed by atoms with E-state index in [1.807, 2.05) is 4.90 Å². The summed E-state index contributed by atoms with van der Waals surface area (Å²) in [6.07, 6.45) is 4.61. The highest BCUT2D eigenvalue weighted by molar-refractivity contribution is 6.34. The van der Waals surface area contributed by atoms with Gasteiger partial charge in [-0.2, -0.15) is 0 Å². The number of hydrogen-bond acceptors (Lipinski definition) is 3. The highest BCUT2D eigenvalue weighted by Crippen LogP contribution is 2.36. The van der Waals surface area contributed by atoms with E-state index in [2.05, 4.69) is 10.2 Å². The highest BCUT2D eigenvalue weighted by atomic mass is 35.5. The van der Waals surface area contributed by atoms with Gasteiger partial charge in [-0.05, 0) is 37.7 Å². The van der Waals surface area contributed by atoms with Crippen LogP contribution in [-0.2, 0) is 0 Å². The average Bonchev–Trinajstić information content (AvgIpc) is 3.21. The molecule has 1 aromatic heterocycles. The van der Waals surface area contributed by atoms with Gasteiger partial charge >= 0.3 is 0 Å². The molecule has 0 N–H and O–H groups in total. The molecule has 1 heterocycles. The van der Waals surface area contributed by atoms with Crippen molar-refractivity contribution in [3.8, 4) is 0 Å². The lowest BCUT2D eigenvalue weighted by Gasteiger charge is -2.22. The fourth-order valence-corrected chi connectivity index (χ4v) is 2.34. The lowest BCUT2D eigenvalue weighted by molar-refractivity contribution is 0.0734. The van der Waals surface area contributed by atoms with Gasteiger partial charge in [0.2, 0.25) is 0 Å². The third kappa shape index (κ3) is 2.59. The summed E-state index contributed by atoms with van der Waals surface area (Å²) < 4.78 is 0. The number of aromatic nitrogens is 2. The maximum atomic E-state index is 12.5. The van der Waals surface area contributed by atoms with Crippen LogP contribution in [0.2, 0.25) is 10.3 Å². The second-order valence-corrected chi connectivity index (χ2v) is 5.75. The standard InChI is InChI=1S/C12H13Cl2N3O/c13-10-5-9(11(14)16-15-10)12(18)17(8-3-4-8)6-7-1-2-7/h5,7-8H,1-4,6H2. The van der Waals surface area contributed by atoms with Crippen molar-refractivity contribution >= 4 is 29.1 Å². The van der Waals surface area contributed by atoms with Crippen LogP contribution in [0.25, 0.3) is 0 Å². The molecular weight excluding hydrogens is 273 g/mol. The van der Waals surface area contributed by atoms with Gasteiger partial charge in [0.05, 0.1) is 5.56 Å². The number of hydrogen-bond donors (Lipinski definition) is 0. The lowest BCUT2D eigenvalue weighted by Crippen LogP contribution is -2.35. The zero-order valence-electron chi connectivity index (χ0n) is 9.77. The van der Waals surface area contributed by atoms with Gasteiger partial charge in [-0.25, -0.2) is 0 Å². The fourth-order valence-electron chi connectivity index (χ4n) is 2.02. The molecule has 0 saturated heterocycles. The van der Waals surface area contributed by atoms with E-state index in [0.29, 0.717) is 17.5 Å². The quantitative estimate of drug-likeness (QED) is 0.855. The maximum Gasteiger partial charge on any atom is 0.257 e. The molecule has 1 aromatic rings. The maximum absolute atomic E-state index is 12.5. The molecule has 0 aliphatic heterocycles. The van der Waals surface area contributed by atoms with Crippen LogP contribution in [-0.4, -0.2) is 33.6 Å². The van der Waals surface area contributed by atoms with Crippen molar-refractivity contribution in [1.29, 1.82) is 0 Å². The molecule has 0 atom stereocenters. The van der Waals surface area contributed by atoms with Crippen LogP contribution in [0.1, 0.15) is 36.0 Å². The number of nitrogens with zero attached hydrogens (tertiary/aromatic N) is 3. The van der Waals surface area contributed by atoms with Crippen LogP contribution < -0.4 is 0 Å². The number of rotatable bonds is 4. The number of carbonyl (C=O) groups excluding carboxylic acids is 1. The third-order valence-electron chi connectivity index (χ3n) is 3.35. The van der Waals surface area contributed by atoms with E-state index >= 15 is 0 Å². The minimum absolute atomic E-state index is 0.0637. The Bertz CT molecular complexity index is 486. The molecule has 18 heavy (non-hydrogen) atoms. The summed E-state index contributed by atoms with van der Waals surface area (Å²) in [5.41, 5.74) is 0.365.